The molecule has 178 valence electrons. The molecule has 0 aliphatic carbocycles. The van der Waals surface area contributed by atoms with Gasteiger partial charge in [-0.25, -0.2) is 20.1 Å². The molecule has 2 heterocycles. The molecular weight excluding hydrogens is 465 g/mol. The predicted octanol–water partition coefficient (Wildman–Crippen LogP) is 6.46. The summed E-state index contributed by atoms with van der Waals surface area (Å²) in [7, 11) is 0. The summed E-state index contributed by atoms with van der Waals surface area (Å²) in [6.45, 7) is 0. The van der Waals surface area contributed by atoms with Crippen LogP contribution >= 0.6 is 0 Å². The van der Waals surface area contributed by atoms with Gasteiger partial charge in [-0.3, -0.25) is 0 Å². The van der Waals surface area contributed by atoms with Crippen molar-refractivity contribution < 1.29 is 13.2 Å². The van der Waals surface area contributed by atoms with Crippen molar-refractivity contribution in [2.24, 2.45) is 5.10 Å². The molecule has 0 radical (unpaired) electrons. The van der Waals surface area contributed by atoms with Crippen LogP contribution in [-0.4, -0.2) is 26.0 Å². The van der Waals surface area contributed by atoms with Gasteiger partial charge in [-0.1, -0.05) is 78.9 Å². The van der Waals surface area contributed by atoms with Gasteiger partial charge in [0.15, 0.2) is 5.69 Å². The Hall–Kier alpha value is -4.79. The molecule has 0 atom stereocenters. The molecule has 0 aliphatic rings. The molecule has 6 nitrogen and oxygen atoms in total. The number of para-hydroxylation sites is 1. The van der Waals surface area contributed by atoms with Crippen LogP contribution in [0.15, 0.2) is 108 Å². The number of hydrazone groups is 1. The molecule has 0 saturated carbocycles. The van der Waals surface area contributed by atoms with Crippen molar-refractivity contribution in [1.82, 2.24) is 19.7 Å². The molecule has 0 spiro atoms. The molecule has 2 aromatic heterocycles. The maximum Gasteiger partial charge on any atom is 0.433 e. The molecule has 0 aliphatic heterocycles. The fourth-order valence-electron chi connectivity index (χ4n) is 3.57. The topological polar surface area (TPSA) is 68.0 Å². The molecule has 0 fully saturated rings. The fourth-order valence-corrected chi connectivity index (χ4v) is 3.57. The van der Waals surface area contributed by atoms with E-state index in [9.17, 15) is 13.2 Å². The Morgan fingerprint density at radius 2 is 1.39 bits per heavy atom. The number of anilines is 1. The van der Waals surface area contributed by atoms with Crippen LogP contribution < -0.4 is 5.43 Å². The van der Waals surface area contributed by atoms with Crippen LogP contribution in [0.25, 0.3) is 28.2 Å². The second kappa shape index (κ2) is 9.83. The Bertz CT molecular complexity index is 1480. The summed E-state index contributed by atoms with van der Waals surface area (Å²) in [5, 5.41) is 8.84. The second-order valence-electron chi connectivity index (χ2n) is 7.78. The Kier molecular flexibility index (Phi) is 6.27. The van der Waals surface area contributed by atoms with Crippen LogP contribution in [0, 0.1) is 0 Å². The second-order valence-corrected chi connectivity index (χ2v) is 7.78. The average Bonchev–Trinajstić information content (AvgIpc) is 3.34. The molecule has 36 heavy (non-hydrogen) atoms. The maximum absolute atomic E-state index is 13.5. The van der Waals surface area contributed by atoms with Gasteiger partial charge < -0.3 is 0 Å². The van der Waals surface area contributed by atoms with Crippen molar-refractivity contribution >= 4 is 12.2 Å². The lowest BCUT2D eigenvalue weighted by molar-refractivity contribution is -0.141. The van der Waals surface area contributed by atoms with Crippen LogP contribution in [0.1, 0.15) is 11.3 Å². The third-order valence-corrected chi connectivity index (χ3v) is 5.26. The number of alkyl halides is 3. The maximum atomic E-state index is 13.5. The van der Waals surface area contributed by atoms with Crippen LogP contribution in [0.4, 0.5) is 19.1 Å². The number of hydrogen-bond acceptors (Lipinski definition) is 5. The van der Waals surface area contributed by atoms with Gasteiger partial charge in [-0.15, -0.1) is 0 Å². The highest BCUT2D eigenvalue weighted by molar-refractivity contribution is 5.89. The monoisotopic (exact) mass is 484 g/mol. The molecule has 0 unspecified atom stereocenters. The smallest absolute Gasteiger partial charge is 0.245 e. The summed E-state index contributed by atoms with van der Waals surface area (Å²) in [6, 6.07) is 28.6. The SMILES string of the molecule is FC(F)(F)c1cc(-c2ccccc2)nc(N/N=C/c2cn(-c3ccccc3)nc2-c2ccccc2)n1. The van der Waals surface area contributed by atoms with Crippen molar-refractivity contribution in [2.75, 3.05) is 5.43 Å². The van der Waals surface area contributed by atoms with Crippen LogP contribution in [0.5, 0.6) is 0 Å². The summed E-state index contributed by atoms with van der Waals surface area (Å²) >= 11 is 0. The number of rotatable bonds is 6. The van der Waals surface area contributed by atoms with E-state index in [1.54, 1.807) is 41.2 Å². The van der Waals surface area contributed by atoms with E-state index in [0.717, 1.165) is 17.3 Å². The lowest BCUT2D eigenvalue weighted by Crippen LogP contribution is -2.11. The normalized spacial score (nSPS) is 11.6. The first kappa shape index (κ1) is 23.0. The number of nitrogens with zero attached hydrogens (tertiary/aromatic N) is 5. The van der Waals surface area contributed by atoms with Crippen molar-refractivity contribution in [3.05, 3.63) is 115 Å². The zero-order valence-corrected chi connectivity index (χ0v) is 18.8. The van der Waals surface area contributed by atoms with Gasteiger partial charge in [0.25, 0.3) is 0 Å². The zero-order chi connectivity index (χ0) is 25.0. The Morgan fingerprint density at radius 1 is 0.778 bits per heavy atom. The molecule has 0 saturated heterocycles. The number of aromatic nitrogens is 4. The highest BCUT2D eigenvalue weighted by Crippen LogP contribution is 2.31. The van der Waals surface area contributed by atoms with Gasteiger partial charge in [0.1, 0.15) is 5.69 Å². The van der Waals surface area contributed by atoms with E-state index >= 15 is 0 Å². The van der Waals surface area contributed by atoms with E-state index in [1.165, 1.54) is 6.21 Å². The third kappa shape index (κ3) is 5.15. The minimum Gasteiger partial charge on any atom is -0.245 e. The van der Waals surface area contributed by atoms with Gasteiger partial charge in [-0.2, -0.15) is 23.4 Å². The van der Waals surface area contributed by atoms with Crippen LogP contribution in [-0.2, 0) is 6.18 Å². The minimum absolute atomic E-state index is 0.137. The Labute approximate surface area is 204 Å². The van der Waals surface area contributed by atoms with Gasteiger partial charge in [0.2, 0.25) is 5.95 Å². The Balaban J connectivity index is 1.49. The number of hydrogen-bond donors (Lipinski definition) is 1. The van der Waals surface area contributed by atoms with Crippen LogP contribution in [0.3, 0.4) is 0 Å². The molecule has 0 bridgehead atoms. The highest BCUT2D eigenvalue weighted by atomic mass is 19.4. The van der Waals surface area contributed by atoms with Gasteiger partial charge in [-0.05, 0) is 18.2 Å². The van der Waals surface area contributed by atoms with Crippen molar-refractivity contribution in [2.45, 2.75) is 6.18 Å². The van der Waals surface area contributed by atoms with Crippen molar-refractivity contribution in [3.8, 4) is 28.2 Å². The summed E-state index contributed by atoms with van der Waals surface area (Å²) in [4.78, 5) is 7.84. The van der Waals surface area contributed by atoms with E-state index in [2.05, 4.69) is 20.5 Å². The van der Waals surface area contributed by atoms with Crippen molar-refractivity contribution in [3.63, 3.8) is 0 Å². The number of halogens is 3. The van der Waals surface area contributed by atoms with Gasteiger partial charge >= 0.3 is 6.18 Å². The first-order chi connectivity index (χ1) is 17.5. The Morgan fingerprint density at radius 3 is 2.03 bits per heavy atom. The summed E-state index contributed by atoms with van der Waals surface area (Å²) in [6.07, 6.45) is -1.35. The fraction of sp³-hybridized carbons (Fsp3) is 0.0370. The van der Waals surface area contributed by atoms with Crippen molar-refractivity contribution in [1.29, 1.82) is 0 Å². The summed E-state index contributed by atoms with van der Waals surface area (Å²) in [5.74, 6) is -0.267. The predicted molar refractivity (Wildman–Crippen MR) is 133 cm³/mol. The van der Waals surface area contributed by atoms with Gasteiger partial charge in [0, 0.05) is 22.9 Å². The van der Waals surface area contributed by atoms with E-state index in [1.807, 2.05) is 60.7 Å². The molecular formula is C27H19F3N6. The lowest BCUT2D eigenvalue weighted by atomic mass is 10.1. The first-order valence-electron chi connectivity index (χ1n) is 11.0. The van der Waals surface area contributed by atoms with E-state index < -0.39 is 11.9 Å². The molecule has 5 aromatic rings. The number of nitrogens with one attached hydrogen (secondary N) is 1. The van der Waals surface area contributed by atoms with Gasteiger partial charge in [0.05, 0.1) is 17.6 Å². The lowest BCUT2D eigenvalue weighted by Gasteiger charge is -2.10. The quantitative estimate of drug-likeness (QED) is 0.222. The standard InChI is InChI=1S/C27H19F3N6/c28-27(29,30)24-16-23(19-10-4-1-5-11-19)32-26(33-24)34-31-17-21-18-36(22-14-8-3-9-15-22)35-25(21)20-12-6-2-7-13-20/h1-18H,(H,32,33,34)/b31-17+. The average molecular weight is 484 g/mol. The van der Waals surface area contributed by atoms with Crippen LogP contribution in [0.2, 0.25) is 0 Å². The molecule has 5 rings (SSSR count). The largest absolute Gasteiger partial charge is 0.433 e. The molecule has 0 amide bonds. The molecule has 1 N–H and O–H groups in total. The van der Waals surface area contributed by atoms with E-state index in [-0.39, 0.29) is 11.6 Å². The zero-order valence-electron chi connectivity index (χ0n) is 18.8. The minimum atomic E-state index is -4.64. The summed E-state index contributed by atoms with van der Waals surface area (Å²) in [5.41, 5.74) is 5.22. The first-order valence-corrected chi connectivity index (χ1v) is 11.0. The highest BCUT2D eigenvalue weighted by Gasteiger charge is 2.33. The molecule has 9 heteroatoms. The third-order valence-electron chi connectivity index (χ3n) is 5.26. The summed E-state index contributed by atoms with van der Waals surface area (Å²) < 4.78 is 42.2. The number of benzene rings is 3. The molecule has 3 aromatic carbocycles. The van der Waals surface area contributed by atoms with E-state index in [4.69, 9.17) is 5.10 Å². The van der Waals surface area contributed by atoms with E-state index in [0.29, 0.717) is 16.8 Å².